The van der Waals surface area contributed by atoms with Crippen LogP contribution in [0.4, 0.5) is 5.69 Å². The van der Waals surface area contributed by atoms with Crippen LogP contribution < -0.4 is 5.32 Å². The normalized spacial score (nSPS) is 20.4. The van der Waals surface area contributed by atoms with Crippen LogP contribution in [-0.4, -0.2) is 60.0 Å². The van der Waals surface area contributed by atoms with Crippen LogP contribution in [0.25, 0.3) is 0 Å². The first-order valence-electron chi connectivity index (χ1n) is 6.94. The molecule has 0 radical (unpaired) electrons. The number of hydrogen-bond donors (Lipinski definition) is 1. The topological polar surface area (TPSA) is 48.5 Å². The summed E-state index contributed by atoms with van der Waals surface area (Å²) in [5.41, 5.74) is 1.52. The second-order valence-electron chi connectivity index (χ2n) is 5.23. The molecule has 1 saturated carbocycles. The van der Waals surface area contributed by atoms with Crippen molar-refractivity contribution in [3.8, 4) is 0 Å². The zero-order chi connectivity index (χ0) is 13.2. The molecule has 2 heterocycles. The Morgan fingerprint density at radius 3 is 2.68 bits per heavy atom. The largest absolute Gasteiger partial charge is 0.387 e. The Morgan fingerprint density at radius 2 is 2.05 bits per heavy atom. The molecule has 1 amide bonds. The molecule has 1 saturated heterocycles. The molecule has 1 aliphatic heterocycles. The SMILES string of the molecule is CNc1ccncc1C(=O)N1CCN(C2CC2)CC1. The maximum absolute atomic E-state index is 12.5. The third-order valence-electron chi connectivity index (χ3n) is 3.99. The molecule has 3 rings (SSSR count). The van der Waals surface area contributed by atoms with Gasteiger partial charge in [-0.3, -0.25) is 14.7 Å². The Bertz CT molecular complexity index is 464. The number of hydrogen-bond acceptors (Lipinski definition) is 4. The number of pyridine rings is 1. The van der Waals surface area contributed by atoms with E-state index in [-0.39, 0.29) is 5.91 Å². The number of amides is 1. The lowest BCUT2D eigenvalue weighted by molar-refractivity contribution is 0.0628. The fraction of sp³-hybridized carbons (Fsp3) is 0.571. The van der Waals surface area contributed by atoms with Gasteiger partial charge in [-0.1, -0.05) is 0 Å². The number of rotatable bonds is 3. The van der Waals surface area contributed by atoms with Crippen molar-refractivity contribution < 1.29 is 4.79 Å². The molecule has 19 heavy (non-hydrogen) atoms. The number of nitrogens with zero attached hydrogens (tertiary/aromatic N) is 3. The zero-order valence-corrected chi connectivity index (χ0v) is 11.3. The standard InChI is InChI=1S/C14H20N4O/c1-15-13-4-5-16-10-12(13)14(19)18-8-6-17(7-9-18)11-2-3-11/h4-5,10-11H,2-3,6-9H2,1H3,(H,15,16). The van der Waals surface area contributed by atoms with E-state index in [1.54, 1.807) is 12.4 Å². The quantitative estimate of drug-likeness (QED) is 0.882. The van der Waals surface area contributed by atoms with E-state index < -0.39 is 0 Å². The first kappa shape index (κ1) is 12.4. The lowest BCUT2D eigenvalue weighted by Crippen LogP contribution is -2.49. The molecule has 2 aliphatic rings. The van der Waals surface area contributed by atoms with Crippen molar-refractivity contribution in [2.24, 2.45) is 0 Å². The van der Waals surface area contributed by atoms with E-state index >= 15 is 0 Å². The van der Waals surface area contributed by atoms with Crippen LogP contribution >= 0.6 is 0 Å². The van der Waals surface area contributed by atoms with Gasteiger partial charge in [-0.25, -0.2) is 0 Å². The molecule has 0 spiro atoms. The molecule has 0 bridgehead atoms. The van der Waals surface area contributed by atoms with E-state index in [2.05, 4.69) is 15.2 Å². The van der Waals surface area contributed by atoms with Crippen molar-refractivity contribution in [2.75, 3.05) is 38.5 Å². The van der Waals surface area contributed by atoms with Crippen molar-refractivity contribution in [3.63, 3.8) is 0 Å². The predicted molar refractivity (Wildman–Crippen MR) is 74.3 cm³/mol. The molecule has 1 aromatic rings. The van der Waals surface area contributed by atoms with Crippen molar-refractivity contribution in [1.29, 1.82) is 0 Å². The van der Waals surface area contributed by atoms with Crippen LogP contribution in [0, 0.1) is 0 Å². The van der Waals surface area contributed by atoms with Gasteiger partial charge in [-0.15, -0.1) is 0 Å². The first-order chi connectivity index (χ1) is 9.29. The number of aromatic nitrogens is 1. The summed E-state index contributed by atoms with van der Waals surface area (Å²) in [6, 6.07) is 2.64. The fourth-order valence-corrected chi connectivity index (χ4v) is 2.68. The highest BCUT2D eigenvalue weighted by atomic mass is 16.2. The minimum Gasteiger partial charge on any atom is -0.387 e. The third kappa shape index (κ3) is 2.56. The highest BCUT2D eigenvalue weighted by Crippen LogP contribution is 2.27. The highest BCUT2D eigenvalue weighted by Gasteiger charge is 2.32. The summed E-state index contributed by atoms with van der Waals surface area (Å²) in [4.78, 5) is 21.0. The van der Waals surface area contributed by atoms with Gasteiger partial charge in [0, 0.05) is 57.3 Å². The molecule has 5 heteroatoms. The van der Waals surface area contributed by atoms with Gasteiger partial charge in [0.25, 0.3) is 5.91 Å². The predicted octanol–water partition coefficient (Wildman–Crippen LogP) is 1.04. The number of piperazine rings is 1. The van der Waals surface area contributed by atoms with E-state index in [0.717, 1.165) is 37.9 Å². The summed E-state index contributed by atoms with van der Waals surface area (Å²) >= 11 is 0. The third-order valence-corrected chi connectivity index (χ3v) is 3.99. The Hall–Kier alpha value is -1.62. The van der Waals surface area contributed by atoms with E-state index in [1.165, 1.54) is 12.8 Å². The van der Waals surface area contributed by atoms with Crippen LogP contribution in [0.2, 0.25) is 0 Å². The summed E-state index contributed by atoms with van der Waals surface area (Å²) in [6.45, 7) is 3.66. The van der Waals surface area contributed by atoms with Gasteiger partial charge in [-0.2, -0.15) is 0 Å². The Balaban J connectivity index is 1.67. The van der Waals surface area contributed by atoms with E-state index in [9.17, 15) is 4.79 Å². The lowest BCUT2D eigenvalue weighted by atomic mass is 10.2. The van der Waals surface area contributed by atoms with Gasteiger partial charge in [0.2, 0.25) is 0 Å². The van der Waals surface area contributed by atoms with Crippen molar-refractivity contribution in [1.82, 2.24) is 14.8 Å². The molecule has 102 valence electrons. The fourth-order valence-electron chi connectivity index (χ4n) is 2.68. The smallest absolute Gasteiger partial charge is 0.257 e. The van der Waals surface area contributed by atoms with Gasteiger partial charge < -0.3 is 10.2 Å². The number of anilines is 1. The monoisotopic (exact) mass is 260 g/mol. The van der Waals surface area contributed by atoms with Crippen molar-refractivity contribution in [2.45, 2.75) is 18.9 Å². The maximum atomic E-state index is 12.5. The van der Waals surface area contributed by atoms with Gasteiger partial charge in [0.05, 0.1) is 5.56 Å². The molecule has 0 unspecified atom stereocenters. The average Bonchev–Trinajstić information content (AvgIpc) is 3.31. The highest BCUT2D eigenvalue weighted by molar-refractivity contribution is 5.99. The molecular weight excluding hydrogens is 240 g/mol. The molecule has 0 atom stereocenters. The van der Waals surface area contributed by atoms with E-state index in [0.29, 0.717) is 5.56 Å². The van der Waals surface area contributed by atoms with Gasteiger partial charge >= 0.3 is 0 Å². The molecule has 0 aromatic carbocycles. The van der Waals surface area contributed by atoms with Crippen LogP contribution in [0.15, 0.2) is 18.5 Å². The molecule has 1 aromatic heterocycles. The Labute approximate surface area is 113 Å². The zero-order valence-electron chi connectivity index (χ0n) is 11.3. The Morgan fingerprint density at radius 1 is 1.32 bits per heavy atom. The van der Waals surface area contributed by atoms with Gasteiger partial charge in [-0.05, 0) is 18.9 Å². The summed E-state index contributed by atoms with van der Waals surface area (Å²) in [5, 5.41) is 3.05. The Kier molecular flexibility index (Phi) is 3.38. The number of carbonyl (C=O) groups excluding carboxylic acids is 1. The molecular formula is C14H20N4O. The van der Waals surface area contributed by atoms with Crippen LogP contribution in [0.1, 0.15) is 23.2 Å². The van der Waals surface area contributed by atoms with Gasteiger partial charge in [0.15, 0.2) is 0 Å². The number of carbonyl (C=O) groups is 1. The van der Waals surface area contributed by atoms with Crippen molar-refractivity contribution >= 4 is 11.6 Å². The molecule has 1 aliphatic carbocycles. The number of nitrogens with one attached hydrogen (secondary N) is 1. The minimum absolute atomic E-state index is 0.0906. The first-order valence-corrected chi connectivity index (χ1v) is 6.94. The van der Waals surface area contributed by atoms with Crippen LogP contribution in [0.5, 0.6) is 0 Å². The average molecular weight is 260 g/mol. The van der Waals surface area contributed by atoms with Crippen LogP contribution in [-0.2, 0) is 0 Å². The molecule has 2 fully saturated rings. The summed E-state index contributed by atoms with van der Waals surface area (Å²) in [5.74, 6) is 0.0906. The van der Waals surface area contributed by atoms with E-state index in [1.807, 2.05) is 18.0 Å². The van der Waals surface area contributed by atoms with Gasteiger partial charge in [0.1, 0.15) is 0 Å². The van der Waals surface area contributed by atoms with E-state index in [4.69, 9.17) is 0 Å². The second-order valence-corrected chi connectivity index (χ2v) is 5.23. The minimum atomic E-state index is 0.0906. The second kappa shape index (κ2) is 5.17. The lowest BCUT2D eigenvalue weighted by Gasteiger charge is -2.35. The summed E-state index contributed by atoms with van der Waals surface area (Å²) < 4.78 is 0. The summed E-state index contributed by atoms with van der Waals surface area (Å²) in [6.07, 6.45) is 6.02. The van der Waals surface area contributed by atoms with Crippen molar-refractivity contribution in [3.05, 3.63) is 24.0 Å². The summed E-state index contributed by atoms with van der Waals surface area (Å²) in [7, 11) is 1.83. The maximum Gasteiger partial charge on any atom is 0.257 e. The van der Waals surface area contributed by atoms with Crippen LogP contribution in [0.3, 0.4) is 0 Å². The molecule has 5 nitrogen and oxygen atoms in total. The molecule has 1 N–H and O–H groups in total.